The van der Waals surface area contributed by atoms with Gasteiger partial charge in [-0.15, -0.1) is 0 Å². The maximum Gasteiger partial charge on any atom is 0.266 e. The fourth-order valence-electron chi connectivity index (χ4n) is 4.21. The van der Waals surface area contributed by atoms with E-state index in [1.165, 1.54) is 4.31 Å². The number of carbonyl (C=O) groups is 1. The summed E-state index contributed by atoms with van der Waals surface area (Å²) in [6.45, 7) is 5.46. The lowest BCUT2D eigenvalue weighted by Gasteiger charge is -2.43. The molecule has 0 aromatic heterocycles. The number of hydroxylamine groups is 1. The van der Waals surface area contributed by atoms with Gasteiger partial charge in [-0.3, -0.25) is 10.0 Å². The summed E-state index contributed by atoms with van der Waals surface area (Å²) in [5.41, 5.74) is 2.62. The van der Waals surface area contributed by atoms with Gasteiger partial charge in [-0.1, -0.05) is 13.3 Å². The van der Waals surface area contributed by atoms with Crippen molar-refractivity contribution in [3.05, 3.63) is 24.3 Å². The van der Waals surface area contributed by atoms with Gasteiger partial charge in [0.15, 0.2) is 4.75 Å². The number of amides is 1. The number of anilines is 1. The third kappa shape index (κ3) is 4.97. The average molecular weight is 455 g/mol. The van der Waals surface area contributed by atoms with Gasteiger partial charge >= 0.3 is 0 Å². The van der Waals surface area contributed by atoms with Crippen LogP contribution < -0.4 is 15.1 Å². The molecular weight excluding hydrogens is 420 g/mol. The number of piperazine rings is 1. The zero-order chi connectivity index (χ0) is 22.5. The number of carbonyl (C=O) groups excluding carboxylic acids is 1. The molecule has 0 radical (unpaired) electrons. The molecule has 2 heterocycles. The zero-order valence-corrected chi connectivity index (χ0v) is 19.2. The van der Waals surface area contributed by atoms with E-state index in [9.17, 15) is 18.4 Å². The van der Waals surface area contributed by atoms with Crippen molar-refractivity contribution in [1.82, 2.24) is 14.7 Å². The fraction of sp³-hybridized carbons (Fsp3) is 0.667. The Morgan fingerprint density at radius 1 is 1.10 bits per heavy atom. The molecule has 1 aromatic rings. The predicted octanol–water partition coefficient (Wildman–Crippen LogP) is 1.29. The van der Waals surface area contributed by atoms with Crippen molar-refractivity contribution in [2.45, 2.75) is 37.4 Å². The first kappa shape index (κ1) is 23.8. The molecule has 0 bridgehead atoms. The van der Waals surface area contributed by atoms with Crippen LogP contribution >= 0.6 is 0 Å². The van der Waals surface area contributed by atoms with Gasteiger partial charge < -0.3 is 14.5 Å². The molecule has 9 nitrogen and oxygen atoms in total. The number of ether oxygens (including phenoxy) is 1. The molecule has 10 heteroatoms. The van der Waals surface area contributed by atoms with Crippen LogP contribution in [0.5, 0.6) is 5.75 Å². The molecule has 2 aliphatic heterocycles. The summed E-state index contributed by atoms with van der Waals surface area (Å²) in [5, 5.41) is 9.25. The molecule has 2 aliphatic rings. The number of likely N-dealkylation sites (tertiary alicyclic amines) is 1. The molecule has 0 spiro atoms. The predicted molar refractivity (Wildman–Crippen MR) is 119 cm³/mol. The van der Waals surface area contributed by atoms with E-state index in [0.717, 1.165) is 24.3 Å². The molecule has 0 atom stereocenters. The van der Waals surface area contributed by atoms with Crippen LogP contribution in [0.25, 0.3) is 0 Å². The first-order valence-electron chi connectivity index (χ1n) is 10.9. The molecule has 0 unspecified atom stereocenters. The van der Waals surface area contributed by atoms with Crippen molar-refractivity contribution in [3.8, 4) is 5.75 Å². The summed E-state index contributed by atoms with van der Waals surface area (Å²) in [4.78, 5) is 16.6. The van der Waals surface area contributed by atoms with Crippen molar-refractivity contribution in [2.24, 2.45) is 0 Å². The lowest BCUT2D eigenvalue weighted by Crippen LogP contribution is -2.63. The minimum absolute atomic E-state index is 0.165. The molecular formula is C21H34N4O5S. The molecule has 2 saturated heterocycles. The first-order chi connectivity index (χ1) is 14.8. The smallest absolute Gasteiger partial charge is 0.266 e. The summed E-state index contributed by atoms with van der Waals surface area (Å²) in [6.07, 6.45) is 2.43. The number of benzene rings is 1. The SMILES string of the molecule is CCCCOc1ccc(N2CCN(S(=O)(=O)C3(C(=O)NO)CCN(C)CC3)CC2)cc1. The summed E-state index contributed by atoms with van der Waals surface area (Å²) < 4.78 is 32.5. The number of piperidine rings is 1. The van der Waals surface area contributed by atoms with E-state index in [1.807, 2.05) is 36.2 Å². The van der Waals surface area contributed by atoms with E-state index in [1.54, 1.807) is 5.48 Å². The molecule has 2 N–H and O–H groups in total. The van der Waals surface area contributed by atoms with Gasteiger partial charge in [0.25, 0.3) is 5.91 Å². The number of nitrogens with one attached hydrogen (secondary N) is 1. The molecule has 0 aliphatic carbocycles. The van der Waals surface area contributed by atoms with Crippen LogP contribution in [0.4, 0.5) is 5.69 Å². The van der Waals surface area contributed by atoms with Crippen molar-refractivity contribution in [3.63, 3.8) is 0 Å². The van der Waals surface area contributed by atoms with Gasteiger partial charge in [-0.2, -0.15) is 4.31 Å². The Kier molecular flexibility index (Phi) is 7.79. The second-order valence-electron chi connectivity index (χ2n) is 8.33. The van der Waals surface area contributed by atoms with E-state index >= 15 is 0 Å². The zero-order valence-electron chi connectivity index (χ0n) is 18.4. The van der Waals surface area contributed by atoms with Crippen LogP contribution in [-0.4, -0.2) is 86.4 Å². The van der Waals surface area contributed by atoms with Crippen molar-refractivity contribution >= 4 is 21.6 Å². The third-order valence-corrected chi connectivity index (χ3v) is 8.98. The van der Waals surface area contributed by atoms with Crippen molar-refractivity contribution in [2.75, 3.05) is 57.8 Å². The van der Waals surface area contributed by atoms with E-state index in [0.29, 0.717) is 45.9 Å². The number of sulfonamides is 1. The Morgan fingerprint density at radius 2 is 1.71 bits per heavy atom. The number of hydrogen-bond acceptors (Lipinski definition) is 7. The lowest BCUT2D eigenvalue weighted by molar-refractivity contribution is -0.133. The Hall–Kier alpha value is -1.88. The average Bonchev–Trinajstić information content (AvgIpc) is 2.80. The van der Waals surface area contributed by atoms with Crippen molar-refractivity contribution < 1.29 is 23.2 Å². The Balaban J connectivity index is 1.65. The van der Waals surface area contributed by atoms with Gasteiger partial charge in [0, 0.05) is 31.9 Å². The summed E-state index contributed by atoms with van der Waals surface area (Å²) in [5.74, 6) is -0.000621. The van der Waals surface area contributed by atoms with E-state index in [-0.39, 0.29) is 12.8 Å². The molecule has 31 heavy (non-hydrogen) atoms. The normalized spacial score (nSPS) is 20.4. The van der Waals surface area contributed by atoms with Gasteiger partial charge in [-0.25, -0.2) is 13.9 Å². The van der Waals surface area contributed by atoms with Crippen LogP contribution in [0.2, 0.25) is 0 Å². The van der Waals surface area contributed by atoms with Gasteiger partial charge in [0.1, 0.15) is 5.75 Å². The van der Waals surface area contributed by atoms with Crippen LogP contribution in [-0.2, 0) is 14.8 Å². The summed E-state index contributed by atoms with van der Waals surface area (Å²) >= 11 is 0. The number of unbranched alkanes of at least 4 members (excludes halogenated alkanes) is 1. The quantitative estimate of drug-likeness (QED) is 0.347. The minimum Gasteiger partial charge on any atom is -0.494 e. The maximum atomic E-state index is 13.5. The van der Waals surface area contributed by atoms with Crippen LogP contribution in [0.1, 0.15) is 32.6 Å². The summed E-state index contributed by atoms with van der Waals surface area (Å²) in [7, 11) is -2.02. The molecule has 3 rings (SSSR count). The fourth-order valence-corrected chi connectivity index (χ4v) is 6.32. The van der Waals surface area contributed by atoms with Gasteiger partial charge in [-0.05, 0) is 63.7 Å². The van der Waals surface area contributed by atoms with Gasteiger partial charge in [0.05, 0.1) is 6.61 Å². The largest absolute Gasteiger partial charge is 0.494 e. The molecule has 2 fully saturated rings. The Morgan fingerprint density at radius 3 is 2.26 bits per heavy atom. The standard InChI is InChI=1S/C21H34N4O5S/c1-3-4-17-30-19-7-5-18(6-8-19)24-13-15-25(16-14-24)31(28,29)21(20(26)22-27)9-11-23(2)12-10-21/h5-8,27H,3-4,9-17H2,1-2H3,(H,22,26). The first-order valence-corrected chi connectivity index (χ1v) is 12.4. The highest BCUT2D eigenvalue weighted by atomic mass is 32.2. The number of nitrogens with zero attached hydrogens (tertiary/aromatic N) is 3. The summed E-state index contributed by atoms with van der Waals surface area (Å²) in [6, 6.07) is 7.85. The Bertz CT molecular complexity index is 830. The molecule has 1 aromatic carbocycles. The van der Waals surface area contributed by atoms with E-state index < -0.39 is 20.7 Å². The monoisotopic (exact) mass is 454 g/mol. The second-order valence-corrected chi connectivity index (χ2v) is 10.6. The van der Waals surface area contributed by atoms with E-state index in [4.69, 9.17) is 4.74 Å². The second kappa shape index (κ2) is 10.2. The lowest BCUT2D eigenvalue weighted by atomic mass is 9.95. The number of rotatable bonds is 8. The van der Waals surface area contributed by atoms with E-state index in [2.05, 4.69) is 11.8 Å². The van der Waals surface area contributed by atoms with Crippen LogP contribution in [0.3, 0.4) is 0 Å². The van der Waals surface area contributed by atoms with Gasteiger partial charge in [0.2, 0.25) is 10.0 Å². The topological polar surface area (TPSA) is 102 Å². The highest BCUT2D eigenvalue weighted by Gasteiger charge is 2.54. The highest BCUT2D eigenvalue weighted by Crippen LogP contribution is 2.34. The Labute approximate surface area is 185 Å². The minimum atomic E-state index is -3.92. The molecule has 1 amide bonds. The molecule has 174 valence electrons. The molecule has 0 saturated carbocycles. The van der Waals surface area contributed by atoms with Crippen LogP contribution in [0, 0.1) is 0 Å². The number of hydrogen-bond donors (Lipinski definition) is 2. The third-order valence-electron chi connectivity index (χ3n) is 6.35. The van der Waals surface area contributed by atoms with Crippen molar-refractivity contribution in [1.29, 1.82) is 0 Å². The highest BCUT2D eigenvalue weighted by molar-refractivity contribution is 7.91. The van der Waals surface area contributed by atoms with Crippen LogP contribution in [0.15, 0.2) is 24.3 Å². The maximum absolute atomic E-state index is 13.5.